The second-order valence-corrected chi connectivity index (χ2v) is 6.66. The predicted molar refractivity (Wildman–Crippen MR) is 87.8 cm³/mol. The molecule has 0 saturated carbocycles. The molecule has 2 aromatic rings. The molecule has 0 heterocycles. The Kier molecular flexibility index (Phi) is 6.05. The number of carbonyl (C=O) groups is 1. The SMILES string of the molecule is COCCNC(=O)c1cccc(S(=O)(=O)Nc2c(F)cccc2F)c1. The van der Waals surface area contributed by atoms with E-state index in [-0.39, 0.29) is 17.0 Å². The number of amides is 1. The number of hydrogen-bond donors (Lipinski definition) is 2. The van der Waals surface area contributed by atoms with Crippen molar-refractivity contribution in [2.45, 2.75) is 4.90 Å². The quantitative estimate of drug-likeness (QED) is 0.732. The number of para-hydroxylation sites is 1. The van der Waals surface area contributed by atoms with Crippen LogP contribution in [0, 0.1) is 11.6 Å². The van der Waals surface area contributed by atoms with Gasteiger partial charge in [0.25, 0.3) is 15.9 Å². The second-order valence-electron chi connectivity index (χ2n) is 4.98. The predicted octanol–water partition coefficient (Wildman–Crippen LogP) is 2.14. The summed E-state index contributed by atoms with van der Waals surface area (Å²) in [5.74, 6) is -2.58. The summed E-state index contributed by atoms with van der Waals surface area (Å²) in [4.78, 5) is 11.7. The highest BCUT2D eigenvalue weighted by Gasteiger charge is 2.20. The molecule has 0 fully saturated rings. The monoisotopic (exact) mass is 370 g/mol. The molecule has 0 saturated heterocycles. The van der Waals surface area contributed by atoms with Crippen molar-refractivity contribution in [2.24, 2.45) is 0 Å². The van der Waals surface area contributed by atoms with Crippen LogP contribution in [-0.4, -0.2) is 34.6 Å². The van der Waals surface area contributed by atoms with Gasteiger partial charge in [-0.1, -0.05) is 12.1 Å². The van der Waals surface area contributed by atoms with Gasteiger partial charge in [0, 0.05) is 19.2 Å². The summed E-state index contributed by atoms with van der Waals surface area (Å²) in [5.41, 5.74) is -0.689. The maximum absolute atomic E-state index is 13.6. The molecule has 0 bridgehead atoms. The summed E-state index contributed by atoms with van der Waals surface area (Å²) in [6.45, 7) is 0.558. The van der Waals surface area contributed by atoms with Crippen molar-refractivity contribution in [3.63, 3.8) is 0 Å². The fourth-order valence-corrected chi connectivity index (χ4v) is 3.08. The maximum Gasteiger partial charge on any atom is 0.262 e. The molecule has 0 spiro atoms. The third-order valence-corrected chi connectivity index (χ3v) is 4.54. The van der Waals surface area contributed by atoms with E-state index in [9.17, 15) is 22.0 Å². The number of methoxy groups -OCH3 is 1. The molecular weight excluding hydrogens is 354 g/mol. The lowest BCUT2D eigenvalue weighted by molar-refractivity contribution is 0.0937. The van der Waals surface area contributed by atoms with Crippen LogP contribution in [0.15, 0.2) is 47.4 Å². The average molecular weight is 370 g/mol. The molecular formula is C16H16F2N2O4S. The number of sulfonamides is 1. The van der Waals surface area contributed by atoms with Gasteiger partial charge in [0.15, 0.2) is 0 Å². The highest BCUT2D eigenvalue weighted by molar-refractivity contribution is 7.92. The van der Waals surface area contributed by atoms with Gasteiger partial charge in [0.05, 0.1) is 11.5 Å². The molecule has 0 radical (unpaired) electrons. The molecule has 134 valence electrons. The van der Waals surface area contributed by atoms with Crippen molar-refractivity contribution in [3.05, 3.63) is 59.7 Å². The number of rotatable bonds is 7. The molecule has 6 nitrogen and oxygen atoms in total. The Bertz CT molecular complexity index is 852. The van der Waals surface area contributed by atoms with E-state index < -0.39 is 33.3 Å². The van der Waals surface area contributed by atoms with Crippen LogP contribution in [-0.2, 0) is 14.8 Å². The lowest BCUT2D eigenvalue weighted by Crippen LogP contribution is -2.27. The zero-order valence-electron chi connectivity index (χ0n) is 13.3. The van der Waals surface area contributed by atoms with Crippen LogP contribution in [0.25, 0.3) is 0 Å². The van der Waals surface area contributed by atoms with Crippen molar-refractivity contribution in [2.75, 3.05) is 25.0 Å². The fraction of sp³-hybridized carbons (Fsp3) is 0.188. The number of hydrogen-bond acceptors (Lipinski definition) is 4. The van der Waals surface area contributed by atoms with Gasteiger partial charge in [0.2, 0.25) is 0 Å². The van der Waals surface area contributed by atoms with Crippen LogP contribution in [0.2, 0.25) is 0 Å². The van der Waals surface area contributed by atoms with Crippen LogP contribution in [0.3, 0.4) is 0 Å². The molecule has 2 rings (SSSR count). The minimum absolute atomic E-state index is 0.0907. The van der Waals surface area contributed by atoms with Crippen molar-refractivity contribution >= 4 is 21.6 Å². The first-order chi connectivity index (χ1) is 11.8. The molecule has 2 N–H and O–H groups in total. The molecule has 0 aliphatic carbocycles. The Morgan fingerprint density at radius 1 is 1.12 bits per heavy atom. The van der Waals surface area contributed by atoms with Crippen LogP contribution < -0.4 is 10.0 Å². The number of nitrogens with one attached hydrogen (secondary N) is 2. The molecule has 0 aliphatic rings. The number of anilines is 1. The highest BCUT2D eigenvalue weighted by Crippen LogP contribution is 2.22. The van der Waals surface area contributed by atoms with E-state index >= 15 is 0 Å². The first kappa shape index (κ1) is 18.8. The standard InChI is InChI=1S/C16H16F2N2O4S/c1-24-9-8-19-16(21)11-4-2-5-12(10-11)25(22,23)20-15-13(17)6-3-7-14(15)18/h2-7,10,20H,8-9H2,1H3,(H,19,21). The summed E-state index contributed by atoms with van der Waals surface area (Å²) in [7, 11) is -2.80. The van der Waals surface area contributed by atoms with E-state index in [1.807, 2.05) is 4.72 Å². The normalized spacial score (nSPS) is 11.2. The van der Waals surface area contributed by atoms with Crippen LogP contribution >= 0.6 is 0 Å². The number of ether oxygens (including phenoxy) is 1. The van der Waals surface area contributed by atoms with E-state index in [0.717, 1.165) is 24.3 Å². The number of carbonyl (C=O) groups excluding carboxylic acids is 1. The van der Waals surface area contributed by atoms with Gasteiger partial charge in [-0.15, -0.1) is 0 Å². The molecule has 0 aliphatic heterocycles. The Balaban J connectivity index is 2.25. The first-order valence-corrected chi connectivity index (χ1v) is 8.67. The third kappa shape index (κ3) is 4.74. The van der Waals surface area contributed by atoms with Gasteiger partial charge < -0.3 is 10.1 Å². The van der Waals surface area contributed by atoms with Crippen LogP contribution in [0.5, 0.6) is 0 Å². The molecule has 9 heteroatoms. The van der Waals surface area contributed by atoms with E-state index in [1.54, 1.807) is 0 Å². The van der Waals surface area contributed by atoms with Gasteiger partial charge in [-0.05, 0) is 30.3 Å². The van der Waals surface area contributed by atoms with E-state index in [1.165, 1.54) is 25.3 Å². The van der Waals surface area contributed by atoms with Crippen molar-refractivity contribution in [3.8, 4) is 0 Å². The summed E-state index contributed by atoms with van der Waals surface area (Å²) in [6.07, 6.45) is 0. The van der Waals surface area contributed by atoms with Gasteiger partial charge >= 0.3 is 0 Å². The number of halogens is 2. The van der Waals surface area contributed by atoms with Crippen LogP contribution in [0.4, 0.5) is 14.5 Å². The summed E-state index contributed by atoms with van der Waals surface area (Å²) < 4.78 is 58.6. The Morgan fingerprint density at radius 2 is 1.76 bits per heavy atom. The second kappa shape index (κ2) is 8.04. The third-order valence-electron chi connectivity index (χ3n) is 3.20. The molecule has 2 aromatic carbocycles. The van der Waals surface area contributed by atoms with E-state index in [2.05, 4.69) is 5.32 Å². The van der Waals surface area contributed by atoms with E-state index in [0.29, 0.717) is 6.61 Å². The van der Waals surface area contributed by atoms with Gasteiger partial charge in [0.1, 0.15) is 17.3 Å². The Morgan fingerprint density at radius 3 is 2.40 bits per heavy atom. The lowest BCUT2D eigenvalue weighted by Gasteiger charge is -2.11. The molecule has 0 unspecified atom stereocenters. The van der Waals surface area contributed by atoms with Crippen LogP contribution in [0.1, 0.15) is 10.4 Å². The zero-order valence-corrected chi connectivity index (χ0v) is 14.1. The van der Waals surface area contributed by atoms with Gasteiger partial charge in [-0.3, -0.25) is 9.52 Å². The van der Waals surface area contributed by atoms with E-state index in [4.69, 9.17) is 4.74 Å². The minimum Gasteiger partial charge on any atom is -0.383 e. The summed E-state index contributed by atoms with van der Waals surface area (Å²) in [6, 6.07) is 8.09. The molecule has 1 amide bonds. The Hall–Kier alpha value is -2.52. The first-order valence-electron chi connectivity index (χ1n) is 7.19. The highest BCUT2D eigenvalue weighted by atomic mass is 32.2. The average Bonchev–Trinajstić information content (AvgIpc) is 2.58. The largest absolute Gasteiger partial charge is 0.383 e. The van der Waals surface area contributed by atoms with Crippen molar-refractivity contribution in [1.29, 1.82) is 0 Å². The smallest absolute Gasteiger partial charge is 0.262 e. The van der Waals surface area contributed by atoms with Crippen molar-refractivity contribution < 1.29 is 26.7 Å². The lowest BCUT2D eigenvalue weighted by atomic mass is 10.2. The summed E-state index contributed by atoms with van der Waals surface area (Å²) in [5, 5.41) is 2.55. The molecule has 0 atom stereocenters. The van der Waals surface area contributed by atoms with Gasteiger partial charge in [-0.2, -0.15) is 0 Å². The summed E-state index contributed by atoms with van der Waals surface area (Å²) >= 11 is 0. The topological polar surface area (TPSA) is 84.5 Å². The molecule has 25 heavy (non-hydrogen) atoms. The zero-order chi connectivity index (χ0) is 18.4. The van der Waals surface area contributed by atoms with Gasteiger partial charge in [-0.25, -0.2) is 17.2 Å². The number of benzene rings is 2. The minimum atomic E-state index is -4.27. The van der Waals surface area contributed by atoms with Crippen molar-refractivity contribution in [1.82, 2.24) is 5.32 Å². The maximum atomic E-state index is 13.6. The Labute approximate surface area is 143 Å². The fourth-order valence-electron chi connectivity index (χ4n) is 1.96. The molecule has 0 aromatic heterocycles.